The van der Waals surface area contributed by atoms with Gasteiger partial charge in [-0.15, -0.1) is 0 Å². The summed E-state index contributed by atoms with van der Waals surface area (Å²) in [5.74, 6) is 1.40. The summed E-state index contributed by atoms with van der Waals surface area (Å²) >= 11 is -1.80. The van der Waals surface area contributed by atoms with Crippen LogP contribution >= 0.6 is 0 Å². The molecule has 1 heterocycles. The minimum Gasteiger partial charge on any atom is -0.465 e. The zero-order chi connectivity index (χ0) is 7.56. The first-order chi connectivity index (χ1) is 4.68. The van der Waals surface area contributed by atoms with Crippen molar-refractivity contribution in [2.75, 3.05) is 0 Å². The van der Waals surface area contributed by atoms with E-state index in [9.17, 15) is 4.21 Å². The number of hydrogen-bond donors (Lipinski definition) is 1. The smallest absolute Gasteiger partial charge is 0.160 e. The molecule has 1 rings (SSSR count). The third kappa shape index (κ3) is 1.97. The third-order valence-electron chi connectivity index (χ3n) is 1.06. The van der Waals surface area contributed by atoms with Crippen LogP contribution < -0.4 is 0 Å². The predicted molar refractivity (Wildman–Crippen MR) is 37.9 cm³/mol. The van der Waals surface area contributed by atoms with E-state index in [1.165, 1.54) is 0 Å². The zero-order valence-electron chi connectivity index (χ0n) is 5.53. The Morgan fingerprint density at radius 3 is 2.80 bits per heavy atom. The van der Waals surface area contributed by atoms with Crippen LogP contribution in [-0.2, 0) is 16.8 Å². The molecule has 0 spiro atoms. The molecule has 0 aliphatic carbocycles. The highest BCUT2D eigenvalue weighted by atomic mass is 32.2. The minimum atomic E-state index is -1.80. The normalized spacial score (nSPS) is 13.4. The Bertz CT molecular complexity index is 241. The first-order valence-electron chi connectivity index (χ1n) is 2.81. The van der Waals surface area contributed by atoms with Crippen LogP contribution in [0.1, 0.15) is 11.5 Å². The van der Waals surface area contributed by atoms with Crippen molar-refractivity contribution in [2.24, 2.45) is 0 Å². The number of aryl methyl sites for hydroxylation is 1. The molecule has 4 heteroatoms. The molecule has 0 bridgehead atoms. The van der Waals surface area contributed by atoms with Crippen LogP contribution in [0.3, 0.4) is 0 Å². The van der Waals surface area contributed by atoms with Gasteiger partial charge in [0, 0.05) is 0 Å². The molecule has 0 fully saturated rings. The van der Waals surface area contributed by atoms with Crippen molar-refractivity contribution in [3.05, 3.63) is 23.7 Å². The molecule has 0 aromatic carbocycles. The van der Waals surface area contributed by atoms with Crippen molar-refractivity contribution in [1.29, 1.82) is 0 Å². The summed E-state index contributed by atoms with van der Waals surface area (Å²) in [5, 5.41) is 0. The molecule has 0 radical (unpaired) electrons. The highest BCUT2D eigenvalue weighted by Gasteiger charge is 2.00. The maximum atomic E-state index is 10.2. The first kappa shape index (κ1) is 7.50. The lowest BCUT2D eigenvalue weighted by molar-refractivity contribution is 0.491. The molecule has 10 heavy (non-hydrogen) atoms. The van der Waals surface area contributed by atoms with Crippen molar-refractivity contribution >= 4 is 11.1 Å². The van der Waals surface area contributed by atoms with Crippen LogP contribution in [0.4, 0.5) is 0 Å². The molecule has 0 aliphatic rings. The van der Waals surface area contributed by atoms with E-state index in [2.05, 4.69) is 0 Å². The van der Waals surface area contributed by atoms with Crippen molar-refractivity contribution < 1.29 is 13.2 Å². The molecule has 0 saturated carbocycles. The number of hydrogen-bond acceptors (Lipinski definition) is 2. The van der Waals surface area contributed by atoms with E-state index in [1.807, 2.05) is 0 Å². The lowest BCUT2D eigenvalue weighted by Gasteiger charge is -1.88. The van der Waals surface area contributed by atoms with Crippen LogP contribution in [0.2, 0.25) is 0 Å². The van der Waals surface area contributed by atoms with Crippen LogP contribution in [0.25, 0.3) is 0 Å². The maximum Gasteiger partial charge on any atom is 0.160 e. The largest absolute Gasteiger partial charge is 0.465 e. The van der Waals surface area contributed by atoms with Gasteiger partial charge in [-0.1, -0.05) is 0 Å². The van der Waals surface area contributed by atoms with Gasteiger partial charge in [-0.2, -0.15) is 0 Å². The topological polar surface area (TPSA) is 50.4 Å². The second-order valence-electron chi connectivity index (χ2n) is 1.98. The monoisotopic (exact) mass is 160 g/mol. The molecule has 0 amide bonds. The Morgan fingerprint density at radius 1 is 1.70 bits per heavy atom. The number of rotatable bonds is 2. The summed E-state index contributed by atoms with van der Waals surface area (Å²) in [4.78, 5) is 0. The third-order valence-corrected chi connectivity index (χ3v) is 1.59. The van der Waals surface area contributed by atoms with Crippen molar-refractivity contribution in [3.63, 3.8) is 0 Å². The maximum absolute atomic E-state index is 10.2. The summed E-state index contributed by atoms with van der Waals surface area (Å²) in [6.07, 6.45) is 0. The Balaban J connectivity index is 2.67. The molecule has 1 N–H and O–H groups in total. The first-order valence-corrected chi connectivity index (χ1v) is 4.09. The molecule has 56 valence electrons. The Kier molecular flexibility index (Phi) is 2.24. The van der Waals surface area contributed by atoms with Crippen LogP contribution in [0.5, 0.6) is 0 Å². The fourth-order valence-corrected chi connectivity index (χ4v) is 1.08. The van der Waals surface area contributed by atoms with Crippen LogP contribution in [0.15, 0.2) is 16.5 Å². The van der Waals surface area contributed by atoms with Gasteiger partial charge in [-0.3, -0.25) is 0 Å². The molecule has 3 nitrogen and oxygen atoms in total. The van der Waals surface area contributed by atoms with Gasteiger partial charge >= 0.3 is 0 Å². The van der Waals surface area contributed by atoms with Gasteiger partial charge in [0.25, 0.3) is 0 Å². The molecule has 1 aromatic rings. The van der Waals surface area contributed by atoms with E-state index in [-0.39, 0.29) is 5.75 Å². The van der Waals surface area contributed by atoms with E-state index < -0.39 is 11.1 Å². The van der Waals surface area contributed by atoms with Crippen LogP contribution in [-0.4, -0.2) is 8.76 Å². The average molecular weight is 160 g/mol. The molecule has 1 unspecified atom stereocenters. The number of furan rings is 1. The van der Waals surface area contributed by atoms with Gasteiger partial charge in [0.15, 0.2) is 11.1 Å². The predicted octanol–water partition coefficient (Wildman–Crippen LogP) is 1.31. The van der Waals surface area contributed by atoms with E-state index >= 15 is 0 Å². The van der Waals surface area contributed by atoms with Gasteiger partial charge < -0.3 is 8.97 Å². The zero-order valence-corrected chi connectivity index (χ0v) is 6.35. The van der Waals surface area contributed by atoms with E-state index in [0.717, 1.165) is 5.76 Å². The van der Waals surface area contributed by atoms with Gasteiger partial charge in [0.1, 0.15) is 17.3 Å². The van der Waals surface area contributed by atoms with Gasteiger partial charge in [-0.25, -0.2) is 4.21 Å². The van der Waals surface area contributed by atoms with Gasteiger partial charge in [0.2, 0.25) is 0 Å². The lowest BCUT2D eigenvalue weighted by atomic mass is 10.5. The quantitative estimate of drug-likeness (QED) is 0.663. The fraction of sp³-hybridized carbons (Fsp3) is 0.333. The van der Waals surface area contributed by atoms with Gasteiger partial charge in [-0.05, 0) is 19.1 Å². The molecular weight excluding hydrogens is 152 g/mol. The van der Waals surface area contributed by atoms with Crippen LogP contribution in [0, 0.1) is 6.92 Å². The SMILES string of the molecule is Cc1ccc(CS(=O)O)o1. The fourth-order valence-electron chi connectivity index (χ4n) is 0.684. The van der Waals surface area contributed by atoms with Gasteiger partial charge in [0.05, 0.1) is 0 Å². The van der Waals surface area contributed by atoms with E-state index in [1.54, 1.807) is 19.1 Å². The van der Waals surface area contributed by atoms with Crippen molar-refractivity contribution in [2.45, 2.75) is 12.7 Å². The summed E-state index contributed by atoms with van der Waals surface area (Å²) < 4.78 is 23.7. The lowest BCUT2D eigenvalue weighted by Crippen LogP contribution is -1.89. The second-order valence-corrected chi connectivity index (χ2v) is 2.91. The summed E-state index contributed by atoms with van der Waals surface area (Å²) in [7, 11) is 0. The molecule has 1 atom stereocenters. The highest BCUT2D eigenvalue weighted by molar-refractivity contribution is 7.78. The van der Waals surface area contributed by atoms with Crippen molar-refractivity contribution in [1.82, 2.24) is 0 Å². The Labute approximate surface area is 61.3 Å². The summed E-state index contributed by atoms with van der Waals surface area (Å²) in [6.45, 7) is 1.80. The Morgan fingerprint density at radius 2 is 2.40 bits per heavy atom. The highest BCUT2D eigenvalue weighted by Crippen LogP contribution is 2.07. The molecule has 1 aromatic heterocycles. The molecular formula is C6H8O3S. The molecule has 0 aliphatic heterocycles. The second kappa shape index (κ2) is 2.98. The van der Waals surface area contributed by atoms with E-state index in [4.69, 9.17) is 8.97 Å². The van der Waals surface area contributed by atoms with E-state index in [0.29, 0.717) is 5.76 Å². The molecule has 0 saturated heterocycles. The summed E-state index contributed by atoms with van der Waals surface area (Å²) in [6, 6.07) is 3.46. The standard InChI is InChI=1S/C6H8O3S/c1-5-2-3-6(9-5)4-10(7)8/h2-3H,4H2,1H3,(H,7,8). The van der Waals surface area contributed by atoms with Crippen molar-refractivity contribution in [3.8, 4) is 0 Å². The minimum absolute atomic E-state index is 0.0772. The average Bonchev–Trinajstić information content (AvgIpc) is 2.13. The summed E-state index contributed by atoms with van der Waals surface area (Å²) in [5.41, 5.74) is 0. The Hall–Kier alpha value is -0.610.